The second-order valence-corrected chi connectivity index (χ2v) is 5.41. The molecule has 2 aromatic heterocycles. The van der Waals surface area contributed by atoms with Crippen LogP contribution in [0.25, 0.3) is 11.2 Å². The molecule has 10 nitrogen and oxygen atoms in total. The summed E-state index contributed by atoms with van der Waals surface area (Å²) in [6, 6.07) is -1.88. The van der Waals surface area contributed by atoms with Gasteiger partial charge >= 0.3 is 6.03 Å². The standard InChI is InChI=1S/C12H17N7O3S/c1-3-4-6(13)10(20)18-12(21)19(22)9-7-8(15-5-14-7)16-11(17-9)23-2/h5-6,22H,3-4,13H2,1-2H3,(H,18,20,21)(H,14,15,16,17)/t6-/m0/s1. The number of hydrogen-bond donors (Lipinski definition) is 4. The van der Waals surface area contributed by atoms with E-state index < -0.39 is 18.0 Å². The van der Waals surface area contributed by atoms with Crippen molar-refractivity contribution in [2.24, 2.45) is 5.73 Å². The number of nitrogens with zero attached hydrogens (tertiary/aromatic N) is 4. The van der Waals surface area contributed by atoms with Gasteiger partial charge in [0.2, 0.25) is 5.91 Å². The van der Waals surface area contributed by atoms with Crippen LogP contribution in [-0.4, -0.2) is 49.4 Å². The summed E-state index contributed by atoms with van der Waals surface area (Å²) in [7, 11) is 0. The SMILES string of the molecule is CCC[C@H](N)C(=O)NC(=O)N(O)c1nc(SC)nc2nc[nH]c12. The summed E-state index contributed by atoms with van der Waals surface area (Å²) in [6.07, 6.45) is 4.23. The molecule has 0 spiro atoms. The van der Waals surface area contributed by atoms with Crippen LogP contribution < -0.4 is 16.1 Å². The molecule has 23 heavy (non-hydrogen) atoms. The lowest BCUT2D eigenvalue weighted by molar-refractivity contribution is -0.121. The van der Waals surface area contributed by atoms with Crippen molar-refractivity contribution >= 4 is 40.7 Å². The maximum atomic E-state index is 12.0. The van der Waals surface area contributed by atoms with Gasteiger partial charge in [-0.05, 0) is 12.7 Å². The minimum absolute atomic E-state index is 0.105. The van der Waals surface area contributed by atoms with Crippen LogP contribution in [0.4, 0.5) is 10.6 Å². The van der Waals surface area contributed by atoms with Crippen molar-refractivity contribution < 1.29 is 14.8 Å². The van der Waals surface area contributed by atoms with Crippen LogP contribution in [0, 0.1) is 0 Å². The third kappa shape index (κ3) is 3.75. The van der Waals surface area contributed by atoms with Crippen molar-refractivity contribution in [3.8, 4) is 0 Å². The molecule has 0 saturated heterocycles. The van der Waals surface area contributed by atoms with Gasteiger partial charge in [0.1, 0.15) is 5.52 Å². The van der Waals surface area contributed by atoms with E-state index >= 15 is 0 Å². The van der Waals surface area contributed by atoms with E-state index in [1.165, 1.54) is 18.1 Å². The van der Waals surface area contributed by atoms with Gasteiger partial charge in [-0.3, -0.25) is 15.3 Å². The Kier molecular flexibility index (Phi) is 5.47. The number of imidazole rings is 1. The predicted octanol–water partition coefficient (Wildman–Crippen LogP) is 0.634. The lowest BCUT2D eigenvalue weighted by atomic mass is 10.2. The maximum Gasteiger partial charge on any atom is 0.354 e. The number of nitrogens with one attached hydrogen (secondary N) is 2. The number of amides is 3. The van der Waals surface area contributed by atoms with Gasteiger partial charge in [0, 0.05) is 0 Å². The van der Waals surface area contributed by atoms with Crippen LogP contribution in [0.3, 0.4) is 0 Å². The fraction of sp³-hybridized carbons (Fsp3) is 0.417. The maximum absolute atomic E-state index is 12.0. The number of thioether (sulfide) groups is 1. The summed E-state index contributed by atoms with van der Waals surface area (Å²) in [5.74, 6) is -0.776. The average Bonchev–Trinajstić information content (AvgIpc) is 3.01. The van der Waals surface area contributed by atoms with Crippen molar-refractivity contribution in [1.29, 1.82) is 0 Å². The first-order chi connectivity index (χ1) is 11.0. The Labute approximate surface area is 135 Å². The van der Waals surface area contributed by atoms with E-state index in [0.717, 1.165) is 0 Å². The molecule has 2 aromatic rings. The summed E-state index contributed by atoms with van der Waals surface area (Å²) in [5, 5.41) is 12.7. The van der Waals surface area contributed by atoms with Crippen LogP contribution in [0.1, 0.15) is 19.8 Å². The monoisotopic (exact) mass is 339 g/mol. The van der Waals surface area contributed by atoms with Gasteiger partial charge in [-0.25, -0.2) is 14.8 Å². The number of fused-ring (bicyclic) bond motifs is 1. The normalized spacial score (nSPS) is 12.2. The molecule has 0 fully saturated rings. The number of nitrogens with two attached hydrogens (primary N) is 1. The zero-order valence-corrected chi connectivity index (χ0v) is 13.4. The Morgan fingerprint density at radius 2 is 2.26 bits per heavy atom. The van der Waals surface area contributed by atoms with E-state index in [0.29, 0.717) is 23.6 Å². The molecule has 3 amide bonds. The summed E-state index contributed by atoms with van der Waals surface area (Å²) in [6.45, 7) is 1.87. The van der Waals surface area contributed by atoms with E-state index in [4.69, 9.17) is 5.73 Å². The van der Waals surface area contributed by atoms with Gasteiger partial charge in [0.25, 0.3) is 0 Å². The topological polar surface area (TPSA) is 150 Å². The van der Waals surface area contributed by atoms with Crippen LogP contribution in [0.5, 0.6) is 0 Å². The summed E-state index contributed by atoms with van der Waals surface area (Å²) >= 11 is 1.22. The van der Waals surface area contributed by atoms with Gasteiger partial charge in [0.05, 0.1) is 12.4 Å². The van der Waals surface area contributed by atoms with Crippen LogP contribution >= 0.6 is 11.8 Å². The molecule has 2 heterocycles. The van der Waals surface area contributed by atoms with Gasteiger partial charge in [-0.2, -0.15) is 10.0 Å². The third-order valence-electron chi connectivity index (χ3n) is 2.99. The first kappa shape index (κ1) is 17.1. The number of carbonyl (C=O) groups is 2. The van der Waals surface area contributed by atoms with Gasteiger partial charge in [-0.1, -0.05) is 25.1 Å². The molecular weight excluding hydrogens is 322 g/mol. The van der Waals surface area contributed by atoms with E-state index in [1.54, 1.807) is 6.26 Å². The van der Waals surface area contributed by atoms with E-state index in [1.807, 2.05) is 12.2 Å². The molecular formula is C12H17N7O3S. The highest BCUT2D eigenvalue weighted by atomic mass is 32.2. The highest BCUT2D eigenvalue weighted by Crippen LogP contribution is 2.23. The second-order valence-electron chi connectivity index (χ2n) is 4.64. The number of carbonyl (C=O) groups excluding carboxylic acids is 2. The van der Waals surface area contributed by atoms with E-state index in [-0.39, 0.29) is 16.4 Å². The number of H-pyrrole nitrogens is 1. The van der Waals surface area contributed by atoms with Crippen molar-refractivity contribution in [3.05, 3.63) is 6.33 Å². The zero-order valence-electron chi connectivity index (χ0n) is 12.6. The zero-order chi connectivity index (χ0) is 17.0. The van der Waals surface area contributed by atoms with Gasteiger partial charge in [-0.15, -0.1) is 0 Å². The number of hydrogen-bond acceptors (Lipinski definition) is 8. The molecule has 5 N–H and O–H groups in total. The minimum atomic E-state index is -1.05. The highest BCUT2D eigenvalue weighted by molar-refractivity contribution is 7.98. The first-order valence-corrected chi connectivity index (χ1v) is 8.04. The Hall–Kier alpha value is -2.24. The van der Waals surface area contributed by atoms with Crippen molar-refractivity contribution in [2.45, 2.75) is 31.0 Å². The van der Waals surface area contributed by atoms with Gasteiger partial charge in [0.15, 0.2) is 16.6 Å². The third-order valence-corrected chi connectivity index (χ3v) is 3.54. The average molecular weight is 339 g/mol. The molecule has 124 valence electrons. The fourth-order valence-corrected chi connectivity index (χ4v) is 2.19. The Morgan fingerprint density at radius 3 is 2.91 bits per heavy atom. The molecule has 0 aliphatic rings. The smallest absolute Gasteiger partial charge is 0.340 e. The lowest BCUT2D eigenvalue weighted by Gasteiger charge is -2.16. The molecule has 11 heteroatoms. The first-order valence-electron chi connectivity index (χ1n) is 6.82. The fourth-order valence-electron chi connectivity index (χ4n) is 1.83. The van der Waals surface area contributed by atoms with E-state index in [2.05, 4.69) is 19.9 Å². The van der Waals surface area contributed by atoms with Crippen molar-refractivity contribution in [1.82, 2.24) is 25.3 Å². The Morgan fingerprint density at radius 1 is 1.52 bits per heavy atom. The summed E-state index contributed by atoms with van der Waals surface area (Å²) in [4.78, 5) is 38.7. The van der Waals surface area contributed by atoms with Crippen LogP contribution in [0.2, 0.25) is 0 Å². The number of urea groups is 1. The van der Waals surface area contributed by atoms with E-state index in [9.17, 15) is 14.8 Å². The van der Waals surface area contributed by atoms with Crippen LogP contribution in [-0.2, 0) is 4.79 Å². The molecule has 1 atom stereocenters. The van der Waals surface area contributed by atoms with Crippen molar-refractivity contribution in [3.63, 3.8) is 0 Å². The number of anilines is 1. The predicted molar refractivity (Wildman–Crippen MR) is 84.2 cm³/mol. The van der Waals surface area contributed by atoms with Gasteiger partial charge < -0.3 is 10.7 Å². The largest absolute Gasteiger partial charge is 0.354 e. The molecule has 0 saturated carbocycles. The number of imide groups is 1. The van der Waals surface area contributed by atoms with Crippen molar-refractivity contribution in [2.75, 3.05) is 11.3 Å². The highest BCUT2D eigenvalue weighted by Gasteiger charge is 2.24. The molecule has 0 bridgehead atoms. The molecule has 2 rings (SSSR count). The number of hydroxylamine groups is 1. The summed E-state index contributed by atoms with van der Waals surface area (Å²) in [5.41, 5.74) is 6.19. The second kappa shape index (κ2) is 7.35. The molecule has 0 aliphatic carbocycles. The Bertz CT molecular complexity index is 720. The summed E-state index contributed by atoms with van der Waals surface area (Å²) < 4.78 is 0. The number of rotatable bonds is 5. The Balaban J connectivity index is 2.22. The lowest BCUT2D eigenvalue weighted by Crippen LogP contribution is -2.48. The molecule has 0 aromatic carbocycles. The number of aromatic amines is 1. The molecule has 0 aliphatic heterocycles. The number of aromatic nitrogens is 4. The molecule has 0 unspecified atom stereocenters. The molecule has 0 radical (unpaired) electrons. The van der Waals surface area contributed by atoms with Crippen LogP contribution in [0.15, 0.2) is 11.5 Å². The minimum Gasteiger partial charge on any atom is -0.340 e. The quantitative estimate of drug-likeness (QED) is 0.268.